The van der Waals surface area contributed by atoms with Gasteiger partial charge in [0, 0.05) is 5.56 Å². The number of nitrogens with zero attached hydrogens (tertiary/aromatic N) is 4. The predicted molar refractivity (Wildman–Crippen MR) is 105 cm³/mol. The normalized spacial score (nSPS) is 20.7. The van der Waals surface area contributed by atoms with Crippen molar-refractivity contribution in [1.82, 2.24) is 20.2 Å². The highest BCUT2D eigenvalue weighted by atomic mass is 16.7. The lowest BCUT2D eigenvalue weighted by molar-refractivity contribution is -1.02. The summed E-state index contributed by atoms with van der Waals surface area (Å²) < 4.78 is 12.8. The van der Waals surface area contributed by atoms with Gasteiger partial charge in [0.1, 0.15) is 39.3 Å². The summed E-state index contributed by atoms with van der Waals surface area (Å²) >= 11 is 0. The number of piperazine rings is 1. The van der Waals surface area contributed by atoms with Crippen LogP contribution in [0.1, 0.15) is 17.0 Å². The molecule has 1 fully saturated rings. The van der Waals surface area contributed by atoms with Crippen LogP contribution >= 0.6 is 0 Å². The van der Waals surface area contributed by atoms with E-state index < -0.39 is 0 Å². The Balaban J connectivity index is 1.14. The van der Waals surface area contributed by atoms with E-state index in [4.69, 9.17) is 9.47 Å². The molecule has 0 aliphatic carbocycles. The lowest BCUT2D eigenvalue weighted by Gasteiger charge is -2.29. The minimum atomic E-state index is 0.331. The number of aromatic nitrogens is 4. The van der Waals surface area contributed by atoms with Crippen LogP contribution < -0.4 is 19.3 Å². The van der Waals surface area contributed by atoms with Gasteiger partial charge in [-0.2, -0.15) is 0 Å². The van der Waals surface area contributed by atoms with Crippen LogP contribution in [0.4, 0.5) is 0 Å². The maximum absolute atomic E-state index is 5.50. The SMILES string of the molecule is c1ccc(Cn2nnnc2C[NH+]2CC[NH+](Cc3ccc4c(c3)OCO4)CC2)cc1. The molecule has 0 unspecified atom stereocenters. The van der Waals surface area contributed by atoms with Crippen molar-refractivity contribution in [3.8, 4) is 11.5 Å². The number of hydrogen-bond acceptors (Lipinski definition) is 5. The second-order valence-corrected chi connectivity index (χ2v) is 7.78. The average molecular weight is 394 g/mol. The first-order chi connectivity index (χ1) is 14.3. The molecule has 2 aromatic carbocycles. The van der Waals surface area contributed by atoms with Gasteiger partial charge >= 0.3 is 0 Å². The van der Waals surface area contributed by atoms with Gasteiger partial charge in [-0.3, -0.25) is 0 Å². The second kappa shape index (κ2) is 8.18. The molecule has 2 aliphatic heterocycles. The minimum Gasteiger partial charge on any atom is -0.454 e. The smallest absolute Gasteiger partial charge is 0.231 e. The molecule has 3 aromatic rings. The molecular formula is C21H26N6O2+2. The molecule has 1 saturated heterocycles. The second-order valence-electron chi connectivity index (χ2n) is 7.78. The van der Waals surface area contributed by atoms with Crippen molar-refractivity contribution < 1.29 is 19.3 Å². The molecule has 29 heavy (non-hydrogen) atoms. The van der Waals surface area contributed by atoms with Crippen molar-refractivity contribution in [1.29, 1.82) is 0 Å². The molecule has 2 N–H and O–H groups in total. The van der Waals surface area contributed by atoms with E-state index in [2.05, 4.69) is 39.8 Å². The molecule has 0 amide bonds. The van der Waals surface area contributed by atoms with Gasteiger partial charge in [0.15, 0.2) is 11.5 Å². The third kappa shape index (κ3) is 4.23. The van der Waals surface area contributed by atoms with Gasteiger partial charge < -0.3 is 19.3 Å². The standard InChI is InChI=1S/C21H24N6O2/c1-2-4-17(5-3-1)14-27-21(22-23-24-27)15-26-10-8-25(9-11-26)13-18-6-7-19-20(12-18)29-16-28-19/h1-7,12H,8-11,13-16H2/p+2. The van der Waals surface area contributed by atoms with E-state index in [1.165, 1.54) is 11.1 Å². The highest BCUT2D eigenvalue weighted by molar-refractivity contribution is 5.44. The van der Waals surface area contributed by atoms with E-state index in [0.717, 1.165) is 63.1 Å². The van der Waals surface area contributed by atoms with Crippen LogP contribution in [0.2, 0.25) is 0 Å². The first-order valence-corrected chi connectivity index (χ1v) is 10.2. The van der Waals surface area contributed by atoms with Crippen molar-refractivity contribution in [3.05, 3.63) is 65.5 Å². The summed E-state index contributed by atoms with van der Waals surface area (Å²) in [4.78, 5) is 3.15. The first kappa shape index (κ1) is 18.1. The van der Waals surface area contributed by atoms with Crippen LogP contribution in [0.5, 0.6) is 11.5 Å². The van der Waals surface area contributed by atoms with Gasteiger partial charge in [0.05, 0.1) is 6.54 Å². The third-order valence-electron chi connectivity index (χ3n) is 5.74. The average Bonchev–Trinajstić information content (AvgIpc) is 3.39. The Kier molecular flexibility index (Phi) is 5.10. The number of nitrogens with one attached hydrogen (secondary N) is 2. The number of benzene rings is 2. The molecule has 150 valence electrons. The zero-order chi connectivity index (χ0) is 19.5. The van der Waals surface area contributed by atoms with Gasteiger partial charge in [-0.05, 0) is 34.2 Å². The van der Waals surface area contributed by atoms with Crippen molar-refractivity contribution in [3.63, 3.8) is 0 Å². The van der Waals surface area contributed by atoms with Crippen molar-refractivity contribution in [2.45, 2.75) is 19.6 Å². The maximum atomic E-state index is 5.50. The Hall–Kier alpha value is -2.97. The molecule has 2 aliphatic rings. The summed E-state index contributed by atoms with van der Waals surface area (Å²) in [5.41, 5.74) is 2.52. The molecule has 0 saturated carbocycles. The number of fused-ring (bicyclic) bond motifs is 1. The molecule has 0 atom stereocenters. The van der Waals surface area contributed by atoms with Crippen LogP contribution in [0, 0.1) is 0 Å². The van der Waals surface area contributed by atoms with Crippen LogP contribution in [-0.4, -0.2) is 53.2 Å². The van der Waals surface area contributed by atoms with Gasteiger partial charge in [0.2, 0.25) is 12.6 Å². The summed E-state index contributed by atoms with van der Waals surface area (Å²) in [5, 5.41) is 12.4. The molecule has 5 rings (SSSR count). The van der Waals surface area contributed by atoms with Gasteiger partial charge in [-0.15, -0.1) is 5.10 Å². The van der Waals surface area contributed by atoms with Gasteiger partial charge in [-0.25, -0.2) is 4.68 Å². The zero-order valence-corrected chi connectivity index (χ0v) is 16.4. The minimum absolute atomic E-state index is 0.331. The summed E-state index contributed by atoms with van der Waals surface area (Å²) in [6.45, 7) is 7.48. The van der Waals surface area contributed by atoms with Crippen LogP contribution in [0.3, 0.4) is 0 Å². The molecular weight excluding hydrogens is 368 g/mol. The fourth-order valence-corrected chi connectivity index (χ4v) is 4.10. The summed E-state index contributed by atoms with van der Waals surface area (Å²) in [6.07, 6.45) is 0. The molecule has 1 aromatic heterocycles. The topological polar surface area (TPSA) is 70.9 Å². The van der Waals surface area contributed by atoms with E-state index in [9.17, 15) is 0 Å². The van der Waals surface area contributed by atoms with Gasteiger partial charge in [-0.1, -0.05) is 30.3 Å². The van der Waals surface area contributed by atoms with E-state index >= 15 is 0 Å². The molecule has 3 heterocycles. The molecule has 0 spiro atoms. The predicted octanol–water partition coefficient (Wildman–Crippen LogP) is -1.07. The van der Waals surface area contributed by atoms with Crippen molar-refractivity contribution >= 4 is 0 Å². The van der Waals surface area contributed by atoms with E-state index in [0.29, 0.717) is 6.79 Å². The van der Waals surface area contributed by atoms with E-state index in [1.807, 2.05) is 28.9 Å². The monoisotopic (exact) mass is 394 g/mol. The molecule has 0 bridgehead atoms. The third-order valence-corrected chi connectivity index (χ3v) is 5.74. The number of hydrogen-bond donors (Lipinski definition) is 2. The Morgan fingerprint density at radius 1 is 0.828 bits per heavy atom. The maximum Gasteiger partial charge on any atom is 0.231 e. The first-order valence-electron chi connectivity index (χ1n) is 10.2. The van der Waals surface area contributed by atoms with Crippen molar-refractivity contribution in [2.24, 2.45) is 0 Å². The number of rotatable bonds is 6. The number of ether oxygens (including phenoxy) is 2. The van der Waals surface area contributed by atoms with E-state index in [-0.39, 0.29) is 0 Å². The molecule has 0 radical (unpaired) electrons. The fourth-order valence-electron chi connectivity index (χ4n) is 4.10. The Morgan fingerprint density at radius 3 is 2.41 bits per heavy atom. The summed E-state index contributed by atoms with van der Waals surface area (Å²) in [7, 11) is 0. The fraction of sp³-hybridized carbons (Fsp3) is 0.381. The highest BCUT2D eigenvalue weighted by Gasteiger charge is 2.25. The highest BCUT2D eigenvalue weighted by Crippen LogP contribution is 2.32. The quantitative estimate of drug-likeness (QED) is 0.558. The lowest BCUT2D eigenvalue weighted by atomic mass is 10.1. The van der Waals surface area contributed by atoms with Gasteiger partial charge in [0.25, 0.3) is 0 Å². The Morgan fingerprint density at radius 2 is 1.59 bits per heavy atom. The van der Waals surface area contributed by atoms with Crippen LogP contribution in [0.15, 0.2) is 48.5 Å². The molecule has 8 heteroatoms. The van der Waals surface area contributed by atoms with Crippen molar-refractivity contribution in [2.75, 3.05) is 33.0 Å². The molecule has 8 nitrogen and oxygen atoms in total. The largest absolute Gasteiger partial charge is 0.454 e. The van der Waals surface area contributed by atoms with Crippen LogP contribution in [0.25, 0.3) is 0 Å². The Labute approximate surface area is 169 Å². The number of tetrazole rings is 1. The summed E-state index contributed by atoms with van der Waals surface area (Å²) in [5.74, 6) is 2.69. The van der Waals surface area contributed by atoms with Crippen LogP contribution in [-0.2, 0) is 19.6 Å². The van der Waals surface area contributed by atoms with E-state index in [1.54, 1.807) is 9.80 Å². The Bertz CT molecular complexity index is 953. The zero-order valence-electron chi connectivity index (χ0n) is 16.4. The number of quaternary nitrogens is 2. The lowest BCUT2D eigenvalue weighted by Crippen LogP contribution is -3.27. The summed E-state index contributed by atoms with van der Waals surface area (Å²) in [6, 6.07) is 16.6.